The molecule has 0 amide bonds. The van der Waals surface area contributed by atoms with E-state index in [1.54, 1.807) is 0 Å². The number of ketones is 2. The van der Waals surface area contributed by atoms with Gasteiger partial charge in [0.05, 0.1) is 26.1 Å². The van der Waals surface area contributed by atoms with Crippen LogP contribution in [0, 0.1) is 0 Å². The smallest absolute Gasteiger partial charge is 0.744 e. The molecule has 16 nitrogen and oxygen atoms in total. The average molecular weight is 947 g/mol. The van der Waals surface area contributed by atoms with E-state index in [1.165, 1.54) is 48.5 Å². The third-order valence-corrected chi connectivity index (χ3v) is 11.3. The van der Waals surface area contributed by atoms with Crippen LogP contribution in [0.3, 0.4) is 0 Å². The maximum atomic E-state index is 13.6. The molecule has 0 saturated carbocycles. The average Bonchev–Trinajstić information content (AvgIpc) is 3.03. The van der Waals surface area contributed by atoms with Crippen molar-refractivity contribution in [3.63, 3.8) is 0 Å². The SMILES string of the molecule is Nc1ccc2c(c1)C=C(S(=O)(=O)[O-])C(=NNc1ccc3c(c1)C=C(S(=O)(=O)[O-])/C(=N/Nc1c(Br)cc(Br)c4ccc(S(=O)(=O)[O-])cc14)C3=O)C2=O.[Na+].[Na+].[Na+]. The summed E-state index contributed by atoms with van der Waals surface area (Å²) in [6, 6.07) is 12.7. The summed E-state index contributed by atoms with van der Waals surface area (Å²) in [6.45, 7) is 0. The number of nitrogens with zero attached hydrogens (tertiary/aromatic N) is 2. The zero-order chi connectivity index (χ0) is 37.2. The van der Waals surface area contributed by atoms with Crippen LogP contribution in [0.2, 0.25) is 0 Å². The van der Waals surface area contributed by atoms with Gasteiger partial charge in [-0.25, -0.2) is 25.3 Å². The molecule has 4 aromatic rings. The number of Topliss-reactive ketones (excluding diaryl/α,β-unsaturated/α-hetero) is 2. The van der Waals surface area contributed by atoms with Crippen molar-refractivity contribution in [2.75, 3.05) is 16.6 Å². The van der Waals surface area contributed by atoms with E-state index in [-0.39, 0.29) is 138 Å². The summed E-state index contributed by atoms with van der Waals surface area (Å²) in [4.78, 5) is 24.1. The van der Waals surface area contributed by atoms with Crippen molar-refractivity contribution in [3.05, 3.63) is 102 Å². The Morgan fingerprint density at radius 3 is 1.65 bits per heavy atom. The second-order valence-corrected chi connectivity index (χ2v) is 16.5. The molecule has 4 aromatic carbocycles. The molecule has 2 aliphatic rings. The minimum absolute atomic E-state index is 0. The van der Waals surface area contributed by atoms with Gasteiger partial charge in [0.15, 0.2) is 0 Å². The molecule has 2 aliphatic carbocycles. The minimum atomic E-state index is -5.38. The number of hydrogen-bond donors (Lipinski definition) is 3. The van der Waals surface area contributed by atoms with Gasteiger partial charge in [0.2, 0.25) is 11.6 Å². The molecule has 0 aliphatic heterocycles. The number of allylic oxidation sites excluding steroid dienone is 2. The number of nitrogens with two attached hydrogens (primary N) is 1. The van der Waals surface area contributed by atoms with Crippen molar-refractivity contribution in [3.8, 4) is 0 Å². The molecule has 0 fully saturated rings. The van der Waals surface area contributed by atoms with Gasteiger partial charge in [-0.3, -0.25) is 20.4 Å². The largest absolute Gasteiger partial charge is 1.00 e. The fraction of sp³-hybridized carbons (Fsp3) is 0. The third-order valence-electron chi connectivity index (χ3n) is 7.50. The Hall–Kier alpha value is -1.61. The normalized spacial score (nSPS) is 15.6. The van der Waals surface area contributed by atoms with Gasteiger partial charge in [0.25, 0.3) is 0 Å². The molecule has 4 N–H and O–H groups in total. The second-order valence-electron chi connectivity index (χ2n) is 10.8. The Kier molecular flexibility index (Phi) is 15.1. The first-order valence-electron chi connectivity index (χ1n) is 13.8. The molecule has 0 radical (unpaired) electrons. The molecule has 54 heavy (non-hydrogen) atoms. The maximum Gasteiger partial charge on any atom is 1.00 e. The summed E-state index contributed by atoms with van der Waals surface area (Å²) in [5, 5.41) is 8.28. The number of carbonyl (C=O) groups excluding carboxylic acids is 2. The van der Waals surface area contributed by atoms with Crippen molar-refractivity contribution in [2.45, 2.75) is 4.90 Å². The molecule has 24 heteroatoms. The van der Waals surface area contributed by atoms with E-state index in [4.69, 9.17) is 5.73 Å². The number of nitrogens with one attached hydrogen (secondary N) is 2. The maximum absolute atomic E-state index is 13.6. The summed E-state index contributed by atoms with van der Waals surface area (Å²) in [7, 11) is -15.5. The molecule has 262 valence electrons. The van der Waals surface area contributed by atoms with Crippen LogP contribution in [-0.2, 0) is 30.4 Å². The minimum Gasteiger partial charge on any atom is -0.744 e. The van der Waals surface area contributed by atoms with E-state index in [0.717, 1.165) is 24.3 Å². The Morgan fingerprint density at radius 2 is 1.11 bits per heavy atom. The summed E-state index contributed by atoms with van der Waals surface area (Å²) < 4.78 is 109. The topological polar surface area (TPSA) is 281 Å². The molecule has 0 unspecified atom stereocenters. The number of hydrogen-bond acceptors (Lipinski definition) is 16. The first-order chi connectivity index (χ1) is 23.7. The van der Waals surface area contributed by atoms with E-state index >= 15 is 0 Å². The van der Waals surface area contributed by atoms with E-state index in [2.05, 4.69) is 52.9 Å². The van der Waals surface area contributed by atoms with Gasteiger partial charge in [0.1, 0.15) is 41.8 Å². The second kappa shape index (κ2) is 17.5. The Bertz CT molecular complexity index is 2760. The number of rotatable bonds is 7. The quantitative estimate of drug-likeness (QED) is 0.0678. The monoisotopic (exact) mass is 945 g/mol. The van der Waals surface area contributed by atoms with Crippen LogP contribution < -0.4 is 105 Å². The predicted octanol–water partition coefficient (Wildman–Crippen LogP) is -5.04. The van der Waals surface area contributed by atoms with Gasteiger partial charge >= 0.3 is 88.7 Å². The van der Waals surface area contributed by atoms with Crippen molar-refractivity contribution in [1.82, 2.24) is 0 Å². The Labute approximate surface area is 390 Å². The molecular formula is C30H16Br2N5Na3O11S3. The standard InChI is InChI=1S/C30H19Br2N5O11S3.3Na/c31-22-12-23(32)26(21-11-17(49(40,41)42)3-6-20(21)22)35-37-28-25(51(46,47)48)10-14-8-16(2-5-19(14)30(28)39)34-36-27-24(50(43,44)45)9-13-7-15(33)1-4-18(13)29(27)38;;;/h1-12,34-35H,33H2,(H,40,41,42)(H,43,44,45)(H,46,47,48);;;/q;3*+1/p-3/b36-27?,37-28-;;;. The number of halogens is 2. The number of benzene rings is 4. The van der Waals surface area contributed by atoms with Crippen LogP contribution in [-0.4, -0.2) is 61.9 Å². The molecule has 0 spiro atoms. The summed E-state index contributed by atoms with van der Waals surface area (Å²) in [5.41, 5.74) is 9.14. The zero-order valence-electron chi connectivity index (χ0n) is 27.9. The summed E-state index contributed by atoms with van der Waals surface area (Å²) in [6.07, 6.45) is 1.80. The Morgan fingerprint density at radius 1 is 0.593 bits per heavy atom. The zero-order valence-corrected chi connectivity index (χ0v) is 39.5. The van der Waals surface area contributed by atoms with Crippen molar-refractivity contribution in [2.24, 2.45) is 10.2 Å². The van der Waals surface area contributed by atoms with E-state index in [0.29, 0.717) is 9.86 Å². The van der Waals surface area contributed by atoms with E-state index < -0.39 is 68.0 Å². The molecule has 0 aromatic heterocycles. The fourth-order valence-corrected chi connectivity index (χ4v) is 8.39. The van der Waals surface area contributed by atoms with E-state index in [9.17, 15) is 48.5 Å². The predicted molar refractivity (Wildman–Crippen MR) is 191 cm³/mol. The fourth-order valence-electron chi connectivity index (χ4n) is 5.19. The Balaban J connectivity index is 0.00000261. The van der Waals surface area contributed by atoms with Gasteiger partial charge in [-0.2, -0.15) is 10.2 Å². The first-order valence-corrected chi connectivity index (χ1v) is 19.6. The summed E-state index contributed by atoms with van der Waals surface area (Å²) in [5.74, 6) is -1.93. The molecule has 6 rings (SSSR count). The van der Waals surface area contributed by atoms with Gasteiger partial charge in [-0.1, -0.05) is 22.0 Å². The van der Waals surface area contributed by atoms with Crippen molar-refractivity contribution < 1.29 is 137 Å². The van der Waals surface area contributed by atoms with Crippen LogP contribution in [0.15, 0.2) is 94.5 Å². The number of nitrogen functional groups attached to an aromatic ring is 1. The first kappa shape index (κ1) is 46.8. The summed E-state index contributed by atoms with van der Waals surface area (Å²) >= 11 is 6.61. The number of anilines is 3. The van der Waals surface area contributed by atoms with Crippen molar-refractivity contribution in [1.29, 1.82) is 0 Å². The van der Waals surface area contributed by atoms with Crippen LogP contribution in [0.25, 0.3) is 22.9 Å². The molecule has 0 atom stereocenters. The molecule has 0 heterocycles. The number of hydrazone groups is 2. The van der Waals surface area contributed by atoms with Gasteiger partial charge < -0.3 is 19.4 Å². The van der Waals surface area contributed by atoms with Crippen LogP contribution in [0.1, 0.15) is 31.8 Å². The van der Waals surface area contributed by atoms with Gasteiger partial charge in [0, 0.05) is 31.1 Å². The molecular weight excluding hydrogens is 931 g/mol. The number of fused-ring (bicyclic) bond motifs is 3. The van der Waals surface area contributed by atoms with Crippen LogP contribution in [0.4, 0.5) is 17.1 Å². The van der Waals surface area contributed by atoms with Crippen LogP contribution in [0.5, 0.6) is 0 Å². The van der Waals surface area contributed by atoms with Gasteiger partial charge in [-0.05, 0) is 99.2 Å². The molecule has 0 saturated heterocycles. The van der Waals surface area contributed by atoms with Gasteiger partial charge in [-0.15, -0.1) is 0 Å². The van der Waals surface area contributed by atoms with Crippen molar-refractivity contribution >= 4 is 125 Å². The van der Waals surface area contributed by atoms with Crippen LogP contribution >= 0.6 is 31.9 Å². The number of carbonyl (C=O) groups is 2. The molecule has 0 bridgehead atoms. The van der Waals surface area contributed by atoms with E-state index in [1.807, 2.05) is 0 Å². The third kappa shape index (κ3) is 9.56.